The molecule has 0 aromatic heterocycles. The molecular formula is C17H28N2O3. The van der Waals surface area contributed by atoms with Crippen LogP contribution >= 0.6 is 0 Å². The predicted molar refractivity (Wildman–Crippen MR) is 87.9 cm³/mol. The van der Waals surface area contributed by atoms with E-state index in [-0.39, 0.29) is 17.6 Å². The van der Waals surface area contributed by atoms with Gasteiger partial charge >= 0.3 is 6.03 Å². The highest BCUT2D eigenvalue weighted by atomic mass is 16.5. The van der Waals surface area contributed by atoms with Crippen molar-refractivity contribution in [3.63, 3.8) is 0 Å². The Bertz CT molecular complexity index is 487. The summed E-state index contributed by atoms with van der Waals surface area (Å²) >= 11 is 0. The zero-order valence-electron chi connectivity index (χ0n) is 14.2. The molecule has 0 aliphatic heterocycles. The number of amides is 2. The number of hydrogen-bond donors (Lipinski definition) is 2. The molecule has 0 saturated heterocycles. The number of hydrogen-bond acceptors (Lipinski definition) is 3. The van der Waals surface area contributed by atoms with Crippen LogP contribution in [0.4, 0.5) is 4.79 Å². The third-order valence-electron chi connectivity index (χ3n) is 3.51. The number of rotatable bonds is 7. The lowest BCUT2D eigenvalue weighted by Gasteiger charge is -2.28. The number of nitrogens with one attached hydrogen (secondary N) is 1. The van der Waals surface area contributed by atoms with Gasteiger partial charge in [-0.25, -0.2) is 4.79 Å². The van der Waals surface area contributed by atoms with Crippen LogP contribution in [0.25, 0.3) is 0 Å². The van der Waals surface area contributed by atoms with Crippen molar-refractivity contribution in [1.29, 1.82) is 0 Å². The minimum Gasteiger partial charge on any atom is -0.496 e. The number of aliphatic hydroxyl groups is 1. The van der Waals surface area contributed by atoms with E-state index in [0.717, 1.165) is 11.3 Å². The average Bonchev–Trinajstić information content (AvgIpc) is 2.44. The Labute approximate surface area is 133 Å². The fraction of sp³-hybridized carbons (Fsp3) is 0.588. The fourth-order valence-electron chi connectivity index (χ4n) is 2.48. The fourth-order valence-corrected chi connectivity index (χ4v) is 2.48. The Hall–Kier alpha value is -1.75. The highest BCUT2D eigenvalue weighted by molar-refractivity contribution is 5.74. The molecule has 2 N–H and O–H groups in total. The van der Waals surface area contributed by atoms with E-state index in [2.05, 4.69) is 5.32 Å². The lowest BCUT2D eigenvalue weighted by molar-refractivity contribution is 0.127. The van der Waals surface area contributed by atoms with Gasteiger partial charge in [0.15, 0.2) is 0 Å². The van der Waals surface area contributed by atoms with E-state index in [4.69, 9.17) is 4.74 Å². The van der Waals surface area contributed by atoms with E-state index in [1.165, 1.54) is 0 Å². The second-order valence-electron chi connectivity index (χ2n) is 6.54. The van der Waals surface area contributed by atoms with Gasteiger partial charge in [0.1, 0.15) is 5.75 Å². The topological polar surface area (TPSA) is 61.8 Å². The number of para-hydroxylation sites is 1. The van der Waals surface area contributed by atoms with Crippen LogP contribution in [0.15, 0.2) is 24.3 Å². The highest BCUT2D eigenvalue weighted by Crippen LogP contribution is 2.21. The third-order valence-corrected chi connectivity index (χ3v) is 3.51. The molecule has 5 heteroatoms. The third kappa shape index (κ3) is 5.93. The van der Waals surface area contributed by atoms with Crippen molar-refractivity contribution in [2.45, 2.75) is 39.8 Å². The summed E-state index contributed by atoms with van der Waals surface area (Å²) in [4.78, 5) is 13.8. The number of ether oxygens (including phenoxy) is 1. The minimum atomic E-state index is -0.377. The quantitative estimate of drug-likeness (QED) is 0.814. The summed E-state index contributed by atoms with van der Waals surface area (Å²) < 4.78 is 5.30. The Morgan fingerprint density at radius 3 is 2.64 bits per heavy atom. The molecule has 124 valence electrons. The summed E-state index contributed by atoms with van der Waals surface area (Å²) in [6, 6.07) is 7.52. The van der Waals surface area contributed by atoms with Gasteiger partial charge in [0.2, 0.25) is 0 Å². The van der Waals surface area contributed by atoms with Gasteiger partial charge < -0.3 is 20.1 Å². The van der Waals surface area contributed by atoms with Crippen LogP contribution in [0.2, 0.25) is 0 Å². The first-order chi connectivity index (χ1) is 10.2. The maximum atomic E-state index is 12.2. The molecule has 1 atom stereocenters. The lowest BCUT2D eigenvalue weighted by atomic mass is 9.87. The van der Waals surface area contributed by atoms with Crippen LogP contribution in [0, 0.1) is 5.41 Å². The number of nitrogens with zero attached hydrogens (tertiary/aromatic N) is 1. The largest absolute Gasteiger partial charge is 0.496 e. The smallest absolute Gasteiger partial charge is 0.317 e. The van der Waals surface area contributed by atoms with Crippen molar-refractivity contribution < 1.29 is 14.6 Å². The first kappa shape index (κ1) is 18.3. The van der Waals surface area contributed by atoms with Gasteiger partial charge in [-0.3, -0.25) is 0 Å². The SMILES string of the molecule is COc1ccccc1CN(C)C(=O)NCC(C)(C)CC(C)O. The number of urea groups is 1. The molecule has 0 saturated carbocycles. The molecule has 1 rings (SSSR count). The summed E-state index contributed by atoms with van der Waals surface area (Å²) in [6.45, 7) is 6.82. The molecule has 22 heavy (non-hydrogen) atoms. The Balaban J connectivity index is 2.55. The van der Waals surface area contributed by atoms with E-state index in [9.17, 15) is 9.90 Å². The van der Waals surface area contributed by atoms with Gasteiger partial charge in [-0.05, 0) is 24.8 Å². The van der Waals surface area contributed by atoms with Crippen LogP contribution in [0.1, 0.15) is 32.8 Å². The van der Waals surface area contributed by atoms with E-state index in [1.807, 2.05) is 38.1 Å². The summed E-state index contributed by atoms with van der Waals surface area (Å²) in [5.41, 5.74) is 0.820. The zero-order valence-corrected chi connectivity index (χ0v) is 14.2. The highest BCUT2D eigenvalue weighted by Gasteiger charge is 2.22. The number of carbonyl (C=O) groups is 1. The first-order valence-corrected chi connectivity index (χ1v) is 7.54. The van der Waals surface area contributed by atoms with Crippen LogP contribution < -0.4 is 10.1 Å². The van der Waals surface area contributed by atoms with Crippen molar-refractivity contribution in [3.8, 4) is 5.75 Å². The average molecular weight is 308 g/mol. The molecule has 1 unspecified atom stereocenters. The van der Waals surface area contributed by atoms with Gasteiger partial charge in [-0.15, -0.1) is 0 Å². The summed E-state index contributed by atoms with van der Waals surface area (Å²) in [5.74, 6) is 0.775. The molecule has 0 heterocycles. The summed E-state index contributed by atoms with van der Waals surface area (Å²) in [7, 11) is 3.38. The molecule has 0 radical (unpaired) electrons. The normalized spacial score (nSPS) is 12.6. The number of aliphatic hydroxyl groups excluding tert-OH is 1. The van der Waals surface area contributed by atoms with E-state index in [0.29, 0.717) is 19.5 Å². The summed E-state index contributed by atoms with van der Waals surface area (Å²) in [6.07, 6.45) is 0.266. The molecule has 0 aliphatic carbocycles. The van der Waals surface area contributed by atoms with Gasteiger partial charge in [0.05, 0.1) is 19.8 Å². The van der Waals surface area contributed by atoms with E-state index >= 15 is 0 Å². The molecule has 5 nitrogen and oxygen atoms in total. The monoisotopic (exact) mass is 308 g/mol. The van der Waals surface area contributed by atoms with Crippen LogP contribution in [0.5, 0.6) is 5.75 Å². The van der Waals surface area contributed by atoms with Crippen molar-refractivity contribution >= 4 is 6.03 Å². The Morgan fingerprint density at radius 1 is 1.41 bits per heavy atom. The van der Waals surface area contributed by atoms with Crippen LogP contribution in [-0.4, -0.2) is 42.8 Å². The standard InChI is InChI=1S/C17H28N2O3/c1-13(20)10-17(2,3)12-18-16(21)19(4)11-14-8-6-7-9-15(14)22-5/h6-9,13,20H,10-12H2,1-5H3,(H,18,21). The molecule has 1 aromatic rings. The number of methoxy groups -OCH3 is 1. The summed E-state index contributed by atoms with van der Waals surface area (Å²) in [5, 5.41) is 12.4. The maximum Gasteiger partial charge on any atom is 0.317 e. The van der Waals surface area contributed by atoms with Crippen molar-refractivity contribution in [1.82, 2.24) is 10.2 Å². The van der Waals surface area contributed by atoms with Crippen LogP contribution in [0.3, 0.4) is 0 Å². The van der Waals surface area contributed by atoms with Gasteiger partial charge in [-0.1, -0.05) is 32.0 Å². The van der Waals surface area contributed by atoms with E-state index in [1.54, 1.807) is 26.0 Å². The predicted octanol–water partition coefficient (Wildman–Crippen LogP) is 2.63. The lowest BCUT2D eigenvalue weighted by Crippen LogP contribution is -2.42. The first-order valence-electron chi connectivity index (χ1n) is 7.54. The van der Waals surface area contributed by atoms with Crippen LogP contribution in [-0.2, 0) is 6.54 Å². The Kier molecular flexibility index (Phi) is 6.68. The van der Waals surface area contributed by atoms with Gasteiger partial charge in [0, 0.05) is 19.2 Å². The second kappa shape index (κ2) is 8.03. The molecule has 0 fully saturated rings. The van der Waals surface area contributed by atoms with Gasteiger partial charge in [0.25, 0.3) is 0 Å². The number of carbonyl (C=O) groups excluding carboxylic acids is 1. The number of benzene rings is 1. The maximum absolute atomic E-state index is 12.2. The minimum absolute atomic E-state index is 0.135. The van der Waals surface area contributed by atoms with Crippen molar-refractivity contribution in [3.05, 3.63) is 29.8 Å². The van der Waals surface area contributed by atoms with Crippen molar-refractivity contribution in [2.24, 2.45) is 5.41 Å². The van der Waals surface area contributed by atoms with E-state index < -0.39 is 0 Å². The Morgan fingerprint density at radius 2 is 2.05 bits per heavy atom. The second-order valence-corrected chi connectivity index (χ2v) is 6.54. The molecule has 2 amide bonds. The molecule has 0 bridgehead atoms. The molecule has 1 aromatic carbocycles. The van der Waals surface area contributed by atoms with Gasteiger partial charge in [-0.2, -0.15) is 0 Å². The molecular weight excluding hydrogens is 280 g/mol. The zero-order chi connectivity index (χ0) is 16.8. The molecule has 0 aliphatic rings. The molecule has 0 spiro atoms. The van der Waals surface area contributed by atoms with Crippen molar-refractivity contribution in [2.75, 3.05) is 20.7 Å².